The van der Waals surface area contributed by atoms with Gasteiger partial charge in [0.15, 0.2) is 0 Å². The Labute approximate surface area is 130 Å². The molecule has 0 spiro atoms. The van der Waals surface area contributed by atoms with Crippen molar-refractivity contribution in [2.24, 2.45) is 5.92 Å². The van der Waals surface area contributed by atoms with E-state index >= 15 is 0 Å². The van der Waals surface area contributed by atoms with Gasteiger partial charge in [-0.05, 0) is 67.4 Å². The Kier molecular flexibility index (Phi) is 4.95. The van der Waals surface area contributed by atoms with Crippen LogP contribution in [0.4, 0.5) is 0 Å². The van der Waals surface area contributed by atoms with E-state index in [0.29, 0.717) is 12.1 Å². The van der Waals surface area contributed by atoms with Crippen molar-refractivity contribution in [1.82, 2.24) is 9.47 Å². The Bertz CT molecular complexity index is 473. The summed E-state index contributed by atoms with van der Waals surface area (Å²) in [5.41, 5.74) is 0.785. The summed E-state index contributed by atoms with van der Waals surface area (Å²) in [6.07, 6.45) is 6.73. The van der Waals surface area contributed by atoms with E-state index in [2.05, 4.69) is 36.7 Å². The number of carbonyl (C=O) groups excluding carboxylic acids is 1. The first-order valence-corrected chi connectivity index (χ1v) is 8.34. The molecular formula is C16H25BrN2O. The maximum absolute atomic E-state index is 12.7. The molecule has 112 valence electrons. The zero-order valence-electron chi connectivity index (χ0n) is 12.9. The lowest BCUT2D eigenvalue weighted by molar-refractivity contribution is 0.0667. The van der Waals surface area contributed by atoms with Gasteiger partial charge < -0.3 is 9.47 Å². The van der Waals surface area contributed by atoms with Crippen molar-refractivity contribution in [2.75, 3.05) is 7.05 Å². The van der Waals surface area contributed by atoms with Crippen LogP contribution in [-0.2, 0) is 0 Å². The number of rotatable bonds is 3. The minimum Gasteiger partial charge on any atom is -0.340 e. The molecule has 3 nitrogen and oxygen atoms in total. The van der Waals surface area contributed by atoms with Crippen molar-refractivity contribution in [3.8, 4) is 0 Å². The van der Waals surface area contributed by atoms with Gasteiger partial charge in [-0.15, -0.1) is 0 Å². The molecule has 0 radical (unpaired) electrons. The second kappa shape index (κ2) is 6.33. The van der Waals surface area contributed by atoms with Crippen LogP contribution in [0, 0.1) is 5.92 Å². The van der Waals surface area contributed by atoms with Crippen LogP contribution in [0.3, 0.4) is 0 Å². The normalized spacial score (nSPS) is 23.1. The van der Waals surface area contributed by atoms with Crippen LogP contribution in [0.15, 0.2) is 16.7 Å². The molecule has 1 aromatic heterocycles. The number of halogens is 1. The van der Waals surface area contributed by atoms with Gasteiger partial charge in [0.2, 0.25) is 0 Å². The highest BCUT2D eigenvalue weighted by Gasteiger charge is 2.27. The summed E-state index contributed by atoms with van der Waals surface area (Å²) in [5, 5.41) is 0. The van der Waals surface area contributed by atoms with E-state index < -0.39 is 0 Å². The number of nitrogens with zero attached hydrogens (tertiary/aromatic N) is 2. The van der Waals surface area contributed by atoms with Crippen LogP contribution in [0.1, 0.15) is 63.0 Å². The molecule has 4 heteroatoms. The minimum atomic E-state index is 0.143. The maximum atomic E-state index is 12.7. The van der Waals surface area contributed by atoms with Gasteiger partial charge in [-0.1, -0.05) is 6.92 Å². The van der Waals surface area contributed by atoms with Crippen LogP contribution in [0.5, 0.6) is 0 Å². The molecule has 1 amide bonds. The van der Waals surface area contributed by atoms with Crippen molar-refractivity contribution in [1.29, 1.82) is 0 Å². The van der Waals surface area contributed by atoms with E-state index in [0.717, 1.165) is 28.9 Å². The van der Waals surface area contributed by atoms with Crippen LogP contribution in [0.25, 0.3) is 0 Å². The van der Waals surface area contributed by atoms with Crippen molar-refractivity contribution in [3.63, 3.8) is 0 Å². The number of amides is 1. The Hall–Kier alpha value is -0.770. The van der Waals surface area contributed by atoms with E-state index in [1.165, 1.54) is 12.8 Å². The van der Waals surface area contributed by atoms with Crippen LogP contribution < -0.4 is 0 Å². The molecule has 0 bridgehead atoms. The van der Waals surface area contributed by atoms with Gasteiger partial charge in [-0.3, -0.25) is 4.79 Å². The first-order chi connectivity index (χ1) is 9.40. The predicted octanol–water partition coefficient (Wildman–Crippen LogP) is 4.48. The Morgan fingerprint density at radius 2 is 1.95 bits per heavy atom. The zero-order valence-corrected chi connectivity index (χ0v) is 14.5. The van der Waals surface area contributed by atoms with E-state index in [-0.39, 0.29) is 5.91 Å². The van der Waals surface area contributed by atoms with Crippen molar-refractivity contribution in [3.05, 3.63) is 22.4 Å². The van der Waals surface area contributed by atoms with Gasteiger partial charge in [0.25, 0.3) is 5.91 Å². The number of hydrogen-bond donors (Lipinski definition) is 0. The largest absolute Gasteiger partial charge is 0.340 e. The SMILES string of the molecule is CC1CCC(N(C)C(=O)c2cc(Br)cn2C(C)C)CC1. The summed E-state index contributed by atoms with van der Waals surface area (Å²) in [7, 11) is 1.95. The lowest BCUT2D eigenvalue weighted by atomic mass is 9.86. The molecule has 0 N–H and O–H groups in total. The van der Waals surface area contributed by atoms with Gasteiger partial charge >= 0.3 is 0 Å². The zero-order chi connectivity index (χ0) is 14.9. The molecule has 1 heterocycles. The first-order valence-electron chi connectivity index (χ1n) is 7.54. The van der Waals surface area contributed by atoms with Gasteiger partial charge in [0, 0.05) is 29.8 Å². The predicted molar refractivity (Wildman–Crippen MR) is 86.0 cm³/mol. The van der Waals surface area contributed by atoms with E-state index in [4.69, 9.17) is 0 Å². The monoisotopic (exact) mass is 340 g/mol. The average molecular weight is 341 g/mol. The lowest BCUT2D eigenvalue weighted by Crippen LogP contribution is -2.40. The molecule has 1 aliphatic rings. The highest BCUT2D eigenvalue weighted by Crippen LogP contribution is 2.28. The number of aromatic nitrogens is 1. The molecule has 0 aromatic carbocycles. The summed E-state index contributed by atoms with van der Waals surface area (Å²) < 4.78 is 3.02. The third-order valence-corrected chi connectivity index (χ3v) is 4.88. The van der Waals surface area contributed by atoms with E-state index in [1.807, 2.05) is 28.8 Å². The molecule has 1 saturated carbocycles. The minimum absolute atomic E-state index is 0.143. The Morgan fingerprint density at radius 1 is 1.35 bits per heavy atom. The summed E-state index contributed by atoms with van der Waals surface area (Å²) in [4.78, 5) is 14.7. The molecule has 0 saturated heterocycles. The van der Waals surface area contributed by atoms with Crippen LogP contribution >= 0.6 is 15.9 Å². The molecule has 20 heavy (non-hydrogen) atoms. The Morgan fingerprint density at radius 3 is 2.50 bits per heavy atom. The van der Waals surface area contributed by atoms with E-state index in [1.54, 1.807) is 0 Å². The highest BCUT2D eigenvalue weighted by molar-refractivity contribution is 9.10. The average Bonchev–Trinajstić information content (AvgIpc) is 2.80. The highest BCUT2D eigenvalue weighted by atomic mass is 79.9. The van der Waals surface area contributed by atoms with Crippen molar-refractivity contribution < 1.29 is 4.79 Å². The summed E-state index contributed by atoms with van der Waals surface area (Å²) in [6, 6.07) is 2.62. The Balaban J connectivity index is 2.14. The smallest absolute Gasteiger partial charge is 0.270 e. The number of carbonyl (C=O) groups is 1. The first kappa shape index (κ1) is 15.6. The second-order valence-corrected chi connectivity index (χ2v) is 7.29. The van der Waals surface area contributed by atoms with Crippen LogP contribution in [-0.4, -0.2) is 28.5 Å². The summed E-state index contributed by atoms with van der Waals surface area (Å²) >= 11 is 3.48. The second-order valence-electron chi connectivity index (χ2n) is 6.37. The fraction of sp³-hybridized carbons (Fsp3) is 0.688. The molecule has 1 fully saturated rings. The lowest BCUT2D eigenvalue weighted by Gasteiger charge is -2.34. The van der Waals surface area contributed by atoms with Gasteiger partial charge in [-0.2, -0.15) is 0 Å². The van der Waals surface area contributed by atoms with Crippen molar-refractivity contribution >= 4 is 21.8 Å². The molecule has 1 aliphatic carbocycles. The fourth-order valence-electron chi connectivity index (χ4n) is 3.02. The van der Waals surface area contributed by atoms with E-state index in [9.17, 15) is 4.79 Å². The molecule has 2 rings (SSSR count). The maximum Gasteiger partial charge on any atom is 0.270 e. The fourth-order valence-corrected chi connectivity index (χ4v) is 3.46. The summed E-state index contributed by atoms with van der Waals surface area (Å²) in [5.74, 6) is 0.951. The third kappa shape index (κ3) is 3.27. The summed E-state index contributed by atoms with van der Waals surface area (Å²) in [6.45, 7) is 6.51. The standard InChI is InChI=1S/C16H25BrN2O/c1-11(2)19-10-13(17)9-15(19)16(20)18(4)14-7-5-12(3)6-8-14/h9-12,14H,5-8H2,1-4H3. The van der Waals surface area contributed by atoms with Crippen molar-refractivity contribution in [2.45, 2.75) is 58.5 Å². The number of hydrogen-bond acceptors (Lipinski definition) is 1. The van der Waals surface area contributed by atoms with Gasteiger partial charge in [0.05, 0.1) is 0 Å². The van der Waals surface area contributed by atoms with Gasteiger partial charge in [0.1, 0.15) is 5.69 Å². The van der Waals surface area contributed by atoms with Crippen LogP contribution in [0.2, 0.25) is 0 Å². The quantitative estimate of drug-likeness (QED) is 0.796. The molecule has 0 aliphatic heterocycles. The molecule has 0 atom stereocenters. The molecule has 1 aromatic rings. The topological polar surface area (TPSA) is 25.2 Å². The van der Waals surface area contributed by atoms with Gasteiger partial charge in [-0.25, -0.2) is 0 Å². The molecular weight excluding hydrogens is 316 g/mol. The third-order valence-electron chi connectivity index (χ3n) is 4.44. The molecule has 0 unspecified atom stereocenters.